The third-order valence-electron chi connectivity index (χ3n) is 2.64. The molecule has 1 aromatic rings. The topological polar surface area (TPSA) is 89.3 Å². The van der Waals surface area contributed by atoms with Gasteiger partial charge >= 0.3 is 0 Å². The van der Waals surface area contributed by atoms with Crippen LogP contribution in [0.1, 0.15) is 44.5 Å². The lowest BCUT2D eigenvalue weighted by Crippen LogP contribution is -2.26. The molecular weight excluding hydrogens is 284 g/mol. The quantitative estimate of drug-likeness (QED) is 0.842. The molecule has 0 spiro atoms. The molecule has 0 bridgehead atoms. The van der Waals surface area contributed by atoms with Crippen molar-refractivity contribution in [3.05, 3.63) is 17.0 Å². The van der Waals surface area contributed by atoms with E-state index < -0.39 is 10.0 Å². The van der Waals surface area contributed by atoms with Gasteiger partial charge in [0.05, 0.1) is 6.04 Å². The summed E-state index contributed by atoms with van der Waals surface area (Å²) in [5, 5.41) is 7.90. The van der Waals surface area contributed by atoms with E-state index >= 15 is 0 Å². The number of rotatable bonds is 6. The molecule has 19 heavy (non-hydrogen) atoms. The van der Waals surface area contributed by atoms with Gasteiger partial charge in [-0.05, 0) is 31.4 Å². The lowest BCUT2D eigenvalue weighted by Gasteiger charge is -2.12. The first kappa shape index (κ1) is 16.1. The first-order chi connectivity index (χ1) is 8.70. The fourth-order valence-corrected chi connectivity index (χ4v) is 3.28. The minimum Gasteiger partial charge on any atom is -0.349 e. The van der Waals surface area contributed by atoms with Crippen LogP contribution in [0, 0.1) is 5.92 Å². The van der Waals surface area contributed by atoms with Crippen molar-refractivity contribution in [3.63, 3.8) is 0 Å². The zero-order valence-electron chi connectivity index (χ0n) is 11.3. The van der Waals surface area contributed by atoms with E-state index in [9.17, 15) is 13.2 Å². The molecule has 0 aliphatic rings. The molecule has 0 saturated carbocycles. The highest BCUT2D eigenvalue weighted by atomic mass is 32.2. The highest BCUT2D eigenvalue weighted by Crippen LogP contribution is 2.25. The fraction of sp³-hybridized carbons (Fsp3) is 0.583. The van der Waals surface area contributed by atoms with E-state index in [-0.39, 0.29) is 16.2 Å². The van der Waals surface area contributed by atoms with E-state index in [4.69, 9.17) is 5.14 Å². The van der Waals surface area contributed by atoms with Gasteiger partial charge in [0.2, 0.25) is 15.9 Å². The molecular formula is C12H20N2O3S2. The molecule has 1 heterocycles. The predicted molar refractivity (Wildman–Crippen MR) is 76.3 cm³/mol. The zero-order chi connectivity index (χ0) is 14.6. The molecule has 7 heteroatoms. The lowest BCUT2D eigenvalue weighted by molar-refractivity contribution is -0.122. The number of nitrogens with one attached hydrogen (secondary N) is 1. The van der Waals surface area contributed by atoms with E-state index in [0.717, 1.165) is 22.6 Å². The summed E-state index contributed by atoms with van der Waals surface area (Å²) < 4.78 is 22.5. The van der Waals surface area contributed by atoms with Crippen molar-refractivity contribution in [2.24, 2.45) is 11.1 Å². The standard InChI is InChI=1S/C12H20N2O3S2/c1-8(2)4-6-11(15)14-9(3)10-5-7-12(18-10)19(13,16)17/h5,7-9H,4,6H2,1-3H3,(H,14,15)(H2,13,16,17). The Hall–Kier alpha value is -0.920. The Morgan fingerprint density at radius 1 is 1.37 bits per heavy atom. The van der Waals surface area contributed by atoms with Gasteiger partial charge in [-0.1, -0.05) is 13.8 Å². The molecule has 1 amide bonds. The number of primary sulfonamides is 1. The highest BCUT2D eigenvalue weighted by Gasteiger charge is 2.16. The zero-order valence-corrected chi connectivity index (χ0v) is 13.0. The second-order valence-electron chi connectivity index (χ2n) is 4.92. The van der Waals surface area contributed by atoms with Gasteiger partial charge in [0.15, 0.2) is 0 Å². The van der Waals surface area contributed by atoms with Crippen LogP contribution in [0.5, 0.6) is 0 Å². The first-order valence-electron chi connectivity index (χ1n) is 6.12. The summed E-state index contributed by atoms with van der Waals surface area (Å²) in [6.45, 7) is 5.95. The van der Waals surface area contributed by atoms with Crippen molar-refractivity contribution >= 4 is 27.3 Å². The molecule has 0 aromatic carbocycles. The second-order valence-corrected chi connectivity index (χ2v) is 7.83. The summed E-state index contributed by atoms with van der Waals surface area (Å²) in [5.74, 6) is 0.462. The third-order valence-corrected chi connectivity index (χ3v) is 5.34. The summed E-state index contributed by atoms with van der Waals surface area (Å²) in [4.78, 5) is 12.5. The van der Waals surface area contributed by atoms with Crippen LogP contribution in [0.15, 0.2) is 16.3 Å². The predicted octanol–water partition coefficient (Wildman–Crippen LogP) is 2.01. The van der Waals surface area contributed by atoms with E-state index in [1.54, 1.807) is 6.07 Å². The van der Waals surface area contributed by atoms with Gasteiger partial charge < -0.3 is 5.32 Å². The van der Waals surface area contributed by atoms with Crippen molar-refractivity contribution in [1.29, 1.82) is 0 Å². The summed E-state index contributed by atoms with van der Waals surface area (Å²) in [7, 11) is -3.66. The molecule has 0 radical (unpaired) electrons. The smallest absolute Gasteiger partial charge is 0.247 e. The number of hydrogen-bond acceptors (Lipinski definition) is 4. The van der Waals surface area contributed by atoms with Gasteiger partial charge in [0.1, 0.15) is 4.21 Å². The van der Waals surface area contributed by atoms with Crippen LogP contribution in [-0.4, -0.2) is 14.3 Å². The number of carbonyl (C=O) groups is 1. The average Bonchev–Trinajstić information content (AvgIpc) is 2.75. The minimum absolute atomic E-state index is 0.0215. The Kier molecular flexibility index (Phi) is 5.51. The van der Waals surface area contributed by atoms with Crippen LogP contribution in [-0.2, 0) is 14.8 Å². The Labute approximate surface area is 118 Å². The highest BCUT2D eigenvalue weighted by molar-refractivity contribution is 7.91. The Morgan fingerprint density at radius 3 is 2.47 bits per heavy atom. The third kappa shape index (κ3) is 5.30. The van der Waals surface area contributed by atoms with Crippen molar-refractivity contribution in [1.82, 2.24) is 5.32 Å². The van der Waals surface area contributed by atoms with Gasteiger partial charge in [-0.3, -0.25) is 4.79 Å². The van der Waals surface area contributed by atoms with Crippen LogP contribution in [0.3, 0.4) is 0 Å². The second kappa shape index (κ2) is 6.49. The van der Waals surface area contributed by atoms with Crippen molar-refractivity contribution < 1.29 is 13.2 Å². The number of carbonyl (C=O) groups excluding carboxylic acids is 1. The Balaban J connectivity index is 2.61. The van der Waals surface area contributed by atoms with E-state index in [0.29, 0.717) is 12.3 Å². The molecule has 1 rings (SSSR count). The van der Waals surface area contributed by atoms with Gasteiger partial charge in [-0.25, -0.2) is 13.6 Å². The van der Waals surface area contributed by atoms with Crippen LogP contribution in [0.4, 0.5) is 0 Å². The number of hydrogen-bond donors (Lipinski definition) is 2. The van der Waals surface area contributed by atoms with Gasteiger partial charge in [-0.15, -0.1) is 11.3 Å². The molecule has 0 saturated heterocycles. The molecule has 0 aliphatic heterocycles. The Bertz CT molecular complexity index is 535. The van der Waals surface area contributed by atoms with E-state index in [2.05, 4.69) is 19.2 Å². The van der Waals surface area contributed by atoms with Gasteiger partial charge in [0.25, 0.3) is 0 Å². The summed E-state index contributed by atoms with van der Waals surface area (Å²) >= 11 is 1.09. The average molecular weight is 304 g/mol. The molecule has 1 atom stereocenters. The number of amides is 1. The maximum absolute atomic E-state index is 11.7. The Morgan fingerprint density at radius 2 is 2.00 bits per heavy atom. The molecule has 3 N–H and O–H groups in total. The molecule has 0 aliphatic carbocycles. The van der Waals surface area contributed by atoms with Crippen LogP contribution in [0.25, 0.3) is 0 Å². The first-order valence-corrected chi connectivity index (χ1v) is 8.48. The van der Waals surface area contributed by atoms with Crippen LogP contribution >= 0.6 is 11.3 Å². The lowest BCUT2D eigenvalue weighted by atomic mass is 10.1. The van der Waals surface area contributed by atoms with Crippen LogP contribution in [0.2, 0.25) is 0 Å². The van der Waals surface area contributed by atoms with Crippen molar-refractivity contribution in [2.45, 2.75) is 43.9 Å². The minimum atomic E-state index is -3.66. The fourth-order valence-electron chi connectivity index (χ4n) is 1.52. The SMILES string of the molecule is CC(C)CCC(=O)NC(C)c1ccc(S(N)(=O)=O)s1. The number of nitrogens with two attached hydrogens (primary N) is 1. The van der Waals surface area contributed by atoms with E-state index in [1.807, 2.05) is 6.92 Å². The summed E-state index contributed by atoms with van der Waals surface area (Å²) in [5.41, 5.74) is 0. The van der Waals surface area contributed by atoms with Gasteiger partial charge in [-0.2, -0.15) is 0 Å². The summed E-state index contributed by atoms with van der Waals surface area (Å²) in [6, 6.07) is 2.93. The van der Waals surface area contributed by atoms with Crippen molar-refractivity contribution in [3.8, 4) is 0 Å². The largest absolute Gasteiger partial charge is 0.349 e. The maximum atomic E-state index is 11.7. The van der Waals surface area contributed by atoms with Crippen molar-refractivity contribution in [2.75, 3.05) is 0 Å². The normalized spacial score (nSPS) is 13.5. The number of thiophene rings is 1. The molecule has 0 fully saturated rings. The number of sulfonamides is 1. The van der Waals surface area contributed by atoms with Crippen LogP contribution < -0.4 is 10.5 Å². The summed E-state index contributed by atoms with van der Waals surface area (Å²) in [6.07, 6.45) is 1.32. The monoisotopic (exact) mass is 304 g/mol. The molecule has 1 unspecified atom stereocenters. The maximum Gasteiger partial charge on any atom is 0.247 e. The molecule has 5 nitrogen and oxygen atoms in total. The van der Waals surface area contributed by atoms with E-state index in [1.165, 1.54) is 6.07 Å². The van der Waals surface area contributed by atoms with Gasteiger partial charge in [0, 0.05) is 11.3 Å². The molecule has 1 aromatic heterocycles. The molecule has 108 valence electrons.